The molecule has 8 aliphatic rings. The maximum Gasteiger partial charge on any atom is 0.416 e. The van der Waals surface area contributed by atoms with Crippen molar-refractivity contribution in [2.24, 2.45) is 47.3 Å². The van der Waals surface area contributed by atoms with Crippen LogP contribution in [0.4, 0.5) is 22.0 Å². The summed E-state index contributed by atoms with van der Waals surface area (Å²) < 4.78 is 76.4. The molecular weight excluding hydrogens is 1890 g/mol. The number of nitrogens with zero attached hydrogens (tertiary/aromatic N) is 8. The van der Waals surface area contributed by atoms with Crippen LogP contribution < -0.4 is 21.3 Å². The van der Waals surface area contributed by atoms with E-state index in [-0.39, 0.29) is 195 Å². The van der Waals surface area contributed by atoms with Gasteiger partial charge in [-0.1, -0.05) is 113 Å². The van der Waals surface area contributed by atoms with Crippen LogP contribution in [0, 0.1) is 65.9 Å². The lowest BCUT2D eigenvalue weighted by Crippen LogP contribution is -2.45. The molecule has 9 aromatic rings. The first-order valence-electron chi connectivity index (χ1n) is 54.6. The van der Waals surface area contributed by atoms with Gasteiger partial charge in [-0.3, -0.25) is 52.7 Å². The summed E-state index contributed by atoms with van der Waals surface area (Å²) in [7, 11) is 7.11. The standard InChI is InChI=1S/C33H42FN3O2.C29H38F3N3O3.C28H38ClN3O3.C28H38FN3O3/c1-22-10-7-8-14-27(22)30-21-36(31-16-15-25(34)18-29(30)31)20-26-13-9-17-37(26)33(39)28(19-32(38)23(2)35-3)24-11-5-4-6-12-24;1-18(33-3)27(37)15-23(20-8-5-4-6-9-20)28(38)35-13-7-10-22(35)16-34-17-25(19(2)36)24-14-21(29(30,31)32)11-12-26(24)34;2*1-18(30-3)27(34)15-23(20-8-5-4-6-9-20)28(35)32-13-7-10-22(32)16-31-17-25(19(2)33)24-14-21(29)11-12-26(24)31/h7-8,10,14-16,18,21,23-24,26,28,35H,4-6,9,11-13,17,19-20H2,1-3H3;11-12,14,17-18,20,22-23,33H,4-10,13,15-16H2,1-3H3;2*11-12,14,17-18,20,22-23,30H,4-10,13,15-16H2,1-3H3. The summed E-state index contributed by atoms with van der Waals surface area (Å²) in [5.74, 6) is -0.355. The van der Waals surface area contributed by atoms with E-state index >= 15 is 0 Å². The van der Waals surface area contributed by atoms with E-state index in [2.05, 4.69) is 60.6 Å². The molecule has 5 aromatic carbocycles. The lowest BCUT2D eigenvalue weighted by Gasteiger charge is -2.35. The van der Waals surface area contributed by atoms with Gasteiger partial charge in [0.25, 0.3) is 0 Å². The Morgan fingerprint density at radius 1 is 0.340 bits per heavy atom. The fraction of sp³-hybridized carbons (Fsp3) is 0.585. The van der Waals surface area contributed by atoms with Gasteiger partial charge in [0.15, 0.2) is 17.3 Å². The summed E-state index contributed by atoms with van der Waals surface area (Å²) >= 11 is 6.22. The molecule has 4 aliphatic carbocycles. The summed E-state index contributed by atoms with van der Waals surface area (Å²) in [5.41, 5.74) is 7.17. The van der Waals surface area contributed by atoms with Crippen molar-refractivity contribution < 1.29 is 74.7 Å². The van der Waals surface area contributed by atoms with Gasteiger partial charge >= 0.3 is 6.18 Å². The minimum absolute atomic E-state index is 0.00454. The number of hydrogen-bond donors (Lipinski definition) is 4. The maximum atomic E-state index is 14.4. The zero-order valence-electron chi connectivity index (χ0n) is 88.4. The summed E-state index contributed by atoms with van der Waals surface area (Å²) in [6.45, 7) is 18.9. The number of nitrogens with one attached hydrogen (secondary N) is 4. The van der Waals surface area contributed by atoms with Crippen molar-refractivity contribution in [3.63, 3.8) is 0 Å². The molecule has 0 bridgehead atoms. The third kappa shape index (κ3) is 27.1. The average molecular weight is 2050 g/mol. The Morgan fingerprint density at radius 3 is 0.925 bits per heavy atom. The van der Waals surface area contributed by atoms with Crippen LogP contribution in [0.15, 0.2) is 122 Å². The Bertz CT molecular complexity index is 5980. The highest BCUT2D eigenvalue weighted by atomic mass is 35.5. The molecular formula is C118H156ClF5N12O11. The molecule has 29 heteroatoms. The lowest BCUT2D eigenvalue weighted by molar-refractivity contribution is -0.142. The van der Waals surface area contributed by atoms with Crippen molar-refractivity contribution in [3.05, 3.63) is 166 Å². The fourth-order valence-corrected chi connectivity index (χ4v) is 25.2. The van der Waals surface area contributed by atoms with Crippen molar-refractivity contribution in [3.8, 4) is 11.1 Å². The predicted molar refractivity (Wildman–Crippen MR) is 570 cm³/mol. The second-order valence-electron chi connectivity index (χ2n) is 43.5. The molecule has 796 valence electrons. The third-order valence-electron chi connectivity index (χ3n) is 34.1. The Hall–Kier alpha value is -10.4. The minimum Gasteiger partial charge on any atom is -0.345 e. The van der Waals surface area contributed by atoms with Gasteiger partial charge in [0, 0.05) is 222 Å². The molecule has 12 atom stereocenters. The maximum absolute atomic E-state index is 14.4. The number of alkyl halides is 3. The smallest absolute Gasteiger partial charge is 0.345 e. The van der Waals surface area contributed by atoms with Gasteiger partial charge < -0.3 is 59.1 Å². The second-order valence-corrected chi connectivity index (χ2v) is 44.0. The zero-order valence-corrected chi connectivity index (χ0v) is 89.2. The van der Waals surface area contributed by atoms with Crippen LogP contribution in [0.1, 0.15) is 296 Å². The fourth-order valence-electron chi connectivity index (χ4n) is 25.0. The molecule has 4 aromatic heterocycles. The van der Waals surface area contributed by atoms with Gasteiger partial charge in [0.1, 0.15) is 34.8 Å². The normalized spacial score (nSPS) is 20.5. The molecule has 0 radical (unpaired) electrons. The highest BCUT2D eigenvalue weighted by Gasteiger charge is 2.46. The number of amides is 4. The Balaban J connectivity index is 0.000000155. The van der Waals surface area contributed by atoms with Gasteiger partial charge in [-0.05, 0) is 294 Å². The number of likely N-dealkylation sites (tertiary alicyclic amines) is 4. The number of hydrogen-bond acceptors (Lipinski definition) is 15. The number of benzene rings is 5. The number of aryl methyl sites for hydroxylation is 1. The Morgan fingerprint density at radius 2 is 0.619 bits per heavy atom. The summed E-state index contributed by atoms with van der Waals surface area (Å²) in [4.78, 5) is 152. The minimum atomic E-state index is -4.50. The van der Waals surface area contributed by atoms with E-state index in [1.807, 2.05) is 94.1 Å². The lowest BCUT2D eigenvalue weighted by atomic mass is 9.76. The number of halogens is 6. The first kappa shape index (κ1) is 112. The van der Waals surface area contributed by atoms with Crippen molar-refractivity contribution in [1.29, 1.82) is 0 Å². The van der Waals surface area contributed by atoms with Crippen molar-refractivity contribution in [2.45, 2.75) is 342 Å². The molecule has 23 nitrogen and oxygen atoms in total. The molecule has 147 heavy (non-hydrogen) atoms. The van der Waals surface area contributed by atoms with Crippen LogP contribution in [0.2, 0.25) is 5.02 Å². The number of carbonyl (C=O) groups is 11. The zero-order chi connectivity index (χ0) is 105. The molecule has 17 rings (SSSR count). The van der Waals surface area contributed by atoms with Gasteiger partial charge in [-0.25, -0.2) is 8.78 Å². The Labute approximate surface area is 868 Å². The van der Waals surface area contributed by atoms with E-state index in [1.165, 1.54) is 57.4 Å². The van der Waals surface area contributed by atoms with Crippen LogP contribution in [0.3, 0.4) is 0 Å². The number of fused-ring (bicyclic) bond motifs is 4. The van der Waals surface area contributed by atoms with Crippen molar-refractivity contribution >= 4 is 119 Å². The molecule has 8 fully saturated rings. The number of ketones is 7. The van der Waals surface area contributed by atoms with Crippen LogP contribution in [0.25, 0.3) is 54.7 Å². The molecule has 4 amide bonds. The van der Waals surface area contributed by atoms with E-state index in [0.29, 0.717) is 79.2 Å². The predicted octanol–water partition coefficient (Wildman–Crippen LogP) is 22.1. The van der Waals surface area contributed by atoms with Gasteiger partial charge in [0.2, 0.25) is 23.6 Å². The number of carbonyl (C=O) groups excluding carboxylic acids is 11. The van der Waals surface area contributed by atoms with E-state index < -0.39 is 11.7 Å². The van der Waals surface area contributed by atoms with Crippen molar-refractivity contribution in [2.75, 3.05) is 54.4 Å². The molecule has 4 saturated heterocycles. The summed E-state index contributed by atoms with van der Waals surface area (Å²) in [6.07, 6.45) is 33.0. The monoisotopic (exact) mass is 2050 g/mol. The SMILES string of the molecule is CNC(C)C(=O)CC(C(=O)N1CCCC1Cn1cc(-c2ccccc2C)c2cc(F)ccc21)C1CCCCC1.CNC(C)C(=O)CC(C(=O)N1CCCC1Cn1cc(C(C)=O)c2cc(C(F)(F)F)ccc21)C1CCCCC1.CNC(C)C(=O)CC(C(=O)N1CCCC1Cn1cc(C(C)=O)c2cc(Cl)ccc21)C1CCCCC1.CNC(C)C(=O)CC(C(=O)N1CCCC1Cn1cc(C(C)=O)c2cc(F)ccc21)C1CCCCC1. The van der Waals surface area contributed by atoms with Gasteiger partial charge in [-0.2, -0.15) is 13.2 Å². The topological polar surface area (TPSA) is 269 Å². The first-order chi connectivity index (χ1) is 70.5. The second kappa shape index (κ2) is 51.4. The number of aromatic nitrogens is 4. The van der Waals surface area contributed by atoms with Crippen LogP contribution in [-0.2, 0) is 70.7 Å². The molecule has 0 spiro atoms. The first-order valence-corrected chi connectivity index (χ1v) is 55.0. The van der Waals surface area contributed by atoms with Crippen LogP contribution >= 0.6 is 11.6 Å². The quantitative estimate of drug-likeness (QED) is 0.0210. The Kier molecular flexibility index (Phi) is 39.3. The van der Waals surface area contributed by atoms with Crippen molar-refractivity contribution in [1.82, 2.24) is 59.1 Å². The molecule has 4 N–H and O–H groups in total. The molecule has 4 aliphatic heterocycles. The molecule has 12 unspecified atom stereocenters. The third-order valence-corrected chi connectivity index (χ3v) is 34.3. The van der Waals surface area contributed by atoms with E-state index in [4.69, 9.17) is 11.6 Å². The van der Waals surface area contributed by atoms with Crippen LogP contribution in [-0.4, -0.2) is 205 Å². The highest BCUT2D eigenvalue weighted by Crippen LogP contribution is 2.45. The van der Waals surface area contributed by atoms with E-state index in [0.717, 1.165) is 230 Å². The summed E-state index contributed by atoms with van der Waals surface area (Å²) in [6, 6.07) is 25.7. The largest absolute Gasteiger partial charge is 0.416 e. The van der Waals surface area contributed by atoms with Crippen LogP contribution in [0.5, 0.6) is 0 Å². The average Bonchev–Trinajstić information content (AvgIpc) is 1.63. The highest BCUT2D eigenvalue weighted by molar-refractivity contribution is 6.31. The van der Waals surface area contributed by atoms with Gasteiger partial charge in [-0.15, -0.1) is 0 Å². The number of rotatable bonds is 36. The van der Waals surface area contributed by atoms with Gasteiger partial charge in [0.05, 0.1) is 29.7 Å². The van der Waals surface area contributed by atoms with E-state index in [9.17, 15) is 74.7 Å². The number of likely N-dealkylation sites (N-methyl/N-ethyl adjacent to an activating group) is 4. The molecule has 8 heterocycles. The van der Waals surface area contributed by atoms with E-state index in [1.54, 1.807) is 59.6 Å². The summed E-state index contributed by atoms with van der Waals surface area (Å²) in [5, 5.41) is 15.3. The molecule has 4 saturated carbocycles. The number of Topliss-reactive ketones (excluding diaryl/α,β-unsaturated/α-hetero) is 7.